The maximum Gasteiger partial charge on any atom is 0.253 e. The zero-order valence-corrected chi connectivity index (χ0v) is 12.1. The maximum absolute atomic E-state index is 10.5. The first kappa shape index (κ1) is 14.8. The molecule has 0 aromatic heterocycles. The van der Waals surface area contributed by atoms with Crippen LogP contribution in [0.4, 0.5) is 0 Å². The fraction of sp³-hybridized carbons (Fsp3) is 0.500. The van der Waals surface area contributed by atoms with E-state index in [0.717, 1.165) is 6.54 Å². The lowest BCUT2D eigenvalue weighted by molar-refractivity contribution is -0.0227. The SMILES string of the molecule is O=C(Cl)c1ccccc1Cl.OC1CN2CCC1CC2. The van der Waals surface area contributed by atoms with Gasteiger partial charge in [0, 0.05) is 6.54 Å². The summed E-state index contributed by atoms with van der Waals surface area (Å²) >= 11 is 10.8. The summed E-state index contributed by atoms with van der Waals surface area (Å²) in [6.07, 6.45) is 2.44. The molecule has 3 saturated heterocycles. The Labute approximate surface area is 123 Å². The monoisotopic (exact) mass is 301 g/mol. The van der Waals surface area contributed by atoms with Crippen LogP contribution in [-0.4, -0.2) is 41.0 Å². The molecule has 0 amide bonds. The van der Waals surface area contributed by atoms with Crippen molar-refractivity contribution in [2.45, 2.75) is 18.9 Å². The van der Waals surface area contributed by atoms with Gasteiger partial charge in [0.25, 0.3) is 5.24 Å². The maximum atomic E-state index is 10.5. The van der Waals surface area contributed by atoms with Gasteiger partial charge in [-0.15, -0.1) is 0 Å². The van der Waals surface area contributed by atoms with E-state index >= 15 is 0 Å². The van der Waals surface area contributed by atoms with Crippen LogP contribution in [0.3, 0.4) is 0 Å². The lowest BCUT2D eigenvalue weighted by Crippen LogP contribution is -2.50. The lowest BCUT2D eigenvalue weighted by Gasteiger charge is -2.42. The van der Waals surface area contributed by atoms with Crippen molar-refractivity contribution in [1.29, 1.82) is 0 Å². The van der Waals surface area contributed by atoms with E-state index in [1.165, 1.54) is 25.9 Å². The number of halogens is 2. The van der Waals surface area contributed by atoms with Crippen LogP contribution in [0.5, 0.6) is 0 Å². The number of hydrogen-bond acceptors (Lipinski definition) is 3. The van der Waals surface area contributed by atoms with Gasteiger partial charge in [0.15, 0.2) is 0 Å². The van der Waals surface area contributed by atoms with Crippen molar-refractivity contribution in [3.63, 3.8) is 0 Å². The Kier molecular flexibility index (Phi) is 5.22. The quantitative estimate of drug-likeness (QED) is 0.811. The molecule has 0 radical (unpaired) electrons. The zero-order valence-electron chi connectivity index (χ0n) is 10.6. The van der Waals surface area contributed by atoms with E-state index in [2.05, 4.69) is 4.90 Å². The van der Waals surface area contributed by atoms with E-state index in [0.29, 0.717) is 16.5 Å². The lowest BCUT2D eigenvalue weighted by atomic mass is 9.86. The average Bonchev–Trinajstić information content (AvgIpc) is 2.41. The number of fused-ring (bicyclic) bond motifs is 3. The predicted octanol–water partition coefficient (Wildman–Crippen LogP) is 2.79. The number of hydrogen-bond donors (Lipinski definition) is 1. The van der Waals surface area contributed by atoms with Crippen LogP contribution in [0.1, 0.15) is 23.2 Å². The first-order valence-corrected chi connectivity index (χ1v) is 7.18. The summed E-state index contributed by atoms with van der Waals surface area (Å²) in [4.78, 5) is 12.9. The van der Waals surface area contributed by atoms with Gasteiger partial charge in [0.2, 0.25) is 0 Å². The first-order chi connectivity index (χ1) is 9.08. The van der Waals surface area contributed by atoms with Gasteiger partial charge in [-0.25, -0.2) is 0 Å². The molecule has 0 spiro atoms. The molecule has 3 nitrogen and oxygen atoms in total. The number of nitrogens with zero attached hydrogens (tertiary/aromatic N) is 1. The highest BCUT2D eigenvalue weighted by molar-refractivity contribution is 6.68. The van der Waals surface area contributed by atoms with Crippen LogP contribution in [0, 0.1) is 5.92 Å². The number of rotatable bonds is 1. The Bertz CT molecular complexity index is 445. The second-order valence-corrected chi connectivity index (χ2v) is 5.71. The average molecular weight is 302 g/mol. The van der Waals surface area contributed by atoms with Crippen molar-refractivity contribution in [2.24, 2.45) is 5.92 Å². The zero-order chi connectivity index (χ0) is 13.8. The molecule has 3 aliphatic rings. The van der Waals surface area contributed by atoms with E-state index in [1.807, 2.05) is 0 Å². The van der Waals surface area contributed by atoms with Crippen molar-refractivity contribution >= 4 is 28.4 Å². The van der Waals surface area contributed by atoms with Crippen LogP contribution in [-0.2, 0) is 0 Å². The molecule has 1 atom stereocenters. The normalized spacial score (nSPS) is 28.5. The van der Waals surface area contributed by atoms with Gasteiger partial charge >= 0.3 is 0 Å². The van der Waals surface area contributed by atoms with Crippen molar-refractivity contribution < 1.29 is 9.90 Å². The highest BCUT2D eigenvalue weighted by atomic mass is 35.5. The minimum Gasteiger partial charge on any atom is -0.392 e. The second kappa shape index (κ2) is 6.71. The molecule has 3 heterocycles. The fourth-order valence-corrected chi connectivity index (χ4v) is 2.99. The summed E-state index contributed by atoms with van der Waals surface area (Å²) in [5, 5.41) is 9.23. The molecule has 19 heavy (non-hydrogen) atoms. The number of carbonyl (C=O) groups excluding carboxylic acids is 1. The predicted molar refractivity (Wildman–Crippen MR) is 76.8 cm³/mol. The Hall–Kier alpha value is -0.610. The molecule has 3 aliphatic heterocycles. The van der Waals surface area contributed by atoms with Gasteiger partial charge < -0.3 is 10.0 Å². The molecule has 1 N–H and O–H groups in total. The minimum absolute atomic E-state index is 0.00694. The van der Waals surface area contributed by atoms with Gasteiger partial charge in [-0.2, -0.15) is 0 Å². The van der Waals surface area contributed by atoms with Crippen molar-refractivity contribution in [1.82, 2.24) is 4.90 Å². The van der Waals surface area contributed by atoms with Gasteiger partial charge in [0.1, 0.15) is 0 Å². The topological polar surface area (TPSA) is 40.5 Å². The third-order valence-corrected chi connectivity index (χ3v) is 4.24. The largest absolute Gasteiger partial charge is 0.392 e. The summed E-state index contributed by atoms with van der Waals surface area (Å²) in [6.45, 7) is 3.38. The summed E-state index contributed by atoms with van der Waals surface area (Å²) in [6, 6.07) is 6.65. The second-order valence-electron chi connectivity index (χ2n) is 4.96. The Morgan fingerprint density at radius 1 is 1.26 bits per heavy atom. The van der Waals surface area contributed by atoms with Crippen molar-refractivity contribution in [2.75, 3.05) is 19.6 Å². The van der Waals surface area contributed by atoms with E-state index in [9.17, 15) is 9.90 Å². The van der Waals surface area contributed by atoms with Crippen molar-refractivity contribution in [3.05, 3.63) is 34.9 Å². The van der Waals surface area contributed by atoms with E-state index in [-0.39, 0.29) is 6.10 Å². The smallest absolute Gasteiger partial charge is 0.253 e. The molecule has 5 heteroatoms. The third kappa shape index (κ3) is 3.93. The molecule has 1 aromatic carbocycles. The summed E-state index contributed by atoms with van der Waals surface area (Å²) in [5.74, 6) is 0.634. The molecule has 2 bridgehead atoms. The molecular formula is C14H17Cl2NO2. The summed E-state index contributed by atoms with van der Waals surface area (Å²) in [5.41, 5.74) is 0.353. The van der Waals surface area contributed by atoms with Crippen LogP contribution in [0.25, 0.3) is 0 Å². The third-order valence-electron chi connectivity index (χ3n) is 3.71. The molecule has 1 aromatic rings. The number of carbonyl (C=O) groups is 1. The van der Waals surface area contributed by atoms with Gasteiger partial charge in [-0.1, -0.05) is 23.7 Å². The molecule has 0 saturated carbocycles. The van der Waals surface area contributed by atoms with Gasteiger partial charge in [-0.3, -0.25) is 4.79 Å². The van der Waals surface area contributed by atoms with Crippen LogP contribution < -0.4 is 0 Å². The highest BCUT2D eigenvalue weighted by Gasteiger charge is 2.32. The number of aliphatic hydroxyl groups excluding tert-OH is 1. The summed E-state index contributed by atoms with van der Waals surface area (Å²) in [7, 11) is 0. The number of piperidine rings is 3. The van der Waals surface area contributed by atoms with Gasteiger partial charge in [0.05, 0.1) is 16.7 Å². The number of benzene rings is 1. The highest BCUT2D eigenvalue weighted by Crippen LogP contribution is 2.26. The molecule has 4 rings (SSSR count). The Balaban J connectivity index is 0.000000141. The summed E-state index contributed by atoms with van der Waals surface area (Å²) < 4.78 is 0. The fourth-order valence-electron chi connectivity index (χ4n) is 2.55. The molecule has 3 fully saturated rings. The van der Waals surface area contributed by atoms with E-state index < -0.39 is 5.24 Å². The van der Waals surface area contributed by atoms with Crippen LogP contribution >= 0.6 is 23.2 Å². The standard InChI is InChI=1S/C7H4Cl2O.C7H13NO/c8-6-4-2-1-3-5(6)7(9)10;9-7-5-8-3-1-6(7)2-4-8/h1-4H;6-7,9H,1-5H2. The Morgan fingerprint density at radius 2 is 1.89 bits per heavy atom. The molecule has 1 unspecified atom stereocenters. The molecular weight excluding hydrogens is 285 g/mol. The minimum atomic E-state index is -0.523. The van der Waals surface area contributed by atoms with E-state index in [4.69, 9.17) is 23.2 Å². The van der Waals surface area contributed by atoms with E-state index in [1.54, 1.807) is 24.3 Å². The first-order valence-electron chi connectivity index (χ1n) is 6.42. The van der Waals surface area contributed by atoms with Gasteiger partial charge in [-0.05, 0) is 55.6 Å². The number of aliphatic hydroxyl groups is 1. The molecule has 0 aliphatic carbocycles. The molecule has 104 valence electrons. The Morgan fingerprint density at radius 3 is 2.21 bits per heavy atom. The van der Waals surface area contributed by atoms with Crippen molar-refractivity contribution in [3.8, 4) is 0 Å². The van der Waals surface area contributed by atoms with Crippen LogP contribution in [0.15, 0.2) is 24.3 Å². The van der Waals surface area contributed by atoms with Crippen LogP contribution in [0.2, 0.25) is 5.02 Å².